The lowest BCUT2D eigenvalue weighted by molar-refractivity contribution is -0.139. The van der Waals surface area contributed by atoms with Crippen LogP contribution >= 0.6 is 11.3 Å². The summed E-state index contributed by atoms with van der Waals surface area (Å²) in [7, 11) is 0. The van der Waals surface area contributed by atoms with Crippen molar-refractivity contribution >= 4 is 17.3 Å². The Morgan fingerprint density at radius 1 is 1.46 bits per heavy atom. The van der Waals surface area contributed by atoms with Crippen molar-refractivity contribution in [2.24, 2.45) is 0 Å². The van der Waals surface area contributed by atoms with Crippen molar-refractivity contribution in [3.05, 3.63) is 22.9 Å². The summed E-state index contributed by atoms with van der Waals surface area (Å²) in [4.78, 5) is 10.1. The molecule has 0 spiro atoms. The maximum atomic E-state index is 10.1. The number of thiophene rings is 1. The van der Waals surface area contributed by atoms with Gasteiger partial charge in [-0.2, -0.15) is 11.3 Å². The van der Waals surface area contributed by atoms with Crippen LogP contribution in [0.25, 0.3) is 0 Å². The molecule has 72 valence electrons. The van der Waals surface area contributed by atoms with Gasteiger partial charge in [0.15, 0.2) is 0 Å². The fourth-order valence-electron chi connectivity index (χ4n) is 1.12. The quantitative estimate of drug-likeness (QED) is 0.721. The molecule has 13 heavy (non-hydrogen) atoms. The van der Waals surface area contributed by atoms with Crippen LogP contribution in [0, 0.1) is 0 Å². The number of nitrogens with one attached hydrogen (secondary N) is 1. The van der Waals surface area contributed by atoms with Crippen LogP contribution in [-0.4, -0.2) is 23.7 Å². The third-order valence-corrected chi connectivity index (χ3v) is 2.41. The molecule has 0 aliphatic carbocycles. The molecule has 1 saturated heterocycles. The number of hydrogen-bond acceptors (Lipinski definition) is 3. The molecule has 1 aromatic heterocycles. The minimum atomic E-state index is -0.720. The van der Waals surface area contributed by atoms with Crippen LogP contribution in [0.3, 0.4) is 0 Å². The number of carbonyl (C=O) groups is 1. The highest BCUT2D eigenvalue weighted by molar-refractivity contribution is 7.07. The lowest BCUT2D eigenvalue weighted by Gasteiger charge is -1.99. The van der Waals surface area contributed by atoms with Gasteiger partial charge in [0.1, 0.15) is 6.04 Å². The summed E-state index contributed by atoms with van der Waals surface area (Å²) < 4.78 is 0. The van der Waals surface area contributed by atoms with Gasteiger partial charge in [-0.3, -0.25) is 4.79 Å². The van der Waals surface area contributed by atoms with Crippen LogP contribution in [0.2, 0.25) is 0 Å². The van der Waals surface area contributed by atoms with E-state index >= 15 is 0 Å². The van der Waals surface area contributed by atoms with Gasteiger partial charge in [0, 0.05) is 0 Å². The van der Waals surface area contributed by atoms with Gasteiger partial charge in [0.05, 0.1) is 0 Å². The van der Waals surface area contributed by atoms with E-state index in [1.54, 1.807) is 11.3 Å². The van der Waals surface area contributed by atoms with Crippen LogP contribution in [-0.2, 0) is 4.79 Å². The van der Waals surface area contributed by atoms with Crippen LogP contribution in [0.4, 0.5) is 0 Å². The monoisotopic (exact) mass is 199 g/mol. The van der Waals surface area contributed by atoms with Gasteiger partial charge in [-0.25, -0.2) is 0 Å². The Hall–Kier alpha value is -0.870. The largest absolute Gasteiger partial charge is 0.480 e. The highest BCUT2D eigenvalue weighted by Crippen LogP contribution is 2.03. The average molecular weight is 199 g/mol. The van der Waals surface area contributed by atoms with Crippen molar-refractivity contribution in [1.82, 2.24) is 5.32 Å². The predicted octanol–water partition coefficient (Wildman–Crippen LogP) is 1.57. The zero-order valence-corrected chi connectivity index (χ0v) is 8.09. The second kappa shape index (κ2) is 5.72. The molecule has 0 saturated carbocycles. The van der Waals surface area contributed by atoms with E-state index in [-0.39, 0.29) is 6.04 Å². The Labute approximate surface area is 81.4 Å². The van der Waals surface area contributed by atoms with Crippen molar-refractivity contribution in [1.29, 1.82) is 0 Å². The van der Waals surface area contributed by atoms with Gasteiger partial charge in [0.25, 0.3) is 0 Å². The molecule has 0 amide bonds. The summed E-state index contributed by atoms with van der Waals surface area (Å²) in [6.45, 7) is 0.858. The van der Waals surface area contributed by atoms with Crippen LogP contribution in [0.15, 0.2) is 22.9 Å². The van der Waals surface area contributed by atoms with E-state index in [9.17, 15) is 4.79 Å². The topological polar surface area (TPSA) is 49.3 Å². The molecule has 1 aliphatic heterocycles. The van der Waals surface area contributed by atoms with Gasteiger partial charge in [-0.05, 0) is 30.1 Å². The molecule has 2 rings (SSSR count). The Balaban J connectivity index is 0.000000145. The molecular formula is C9H13NO2S. The minimum absolute atomic E-state index is 0.269. The Morgan fingerprint density at radius 3 is 2.38 bits per heavy atom. The second-order valence-corrected chi connectivity index (χ2v) is 3.60. The molecule has 1 atom stereocenters. The fourth-order valence-corrected chi connectivity index (χ4v) is 1.58. The lowest BCUT2D eigenvalue weighted by atomic mass is 10.2. The number of aliphatic carboxylic acids is 1. The van der Waals surface area contributed by atoms with Crippen LogP contribution in [0.5, 0.6) is 0 Å². The Bertz CT molecular complexity index is 213. The molecule has 2 heterocycles. The molecule has 1 aliphatic rings. The predicted molar refractivity (Wildman–Crippen MR) is 53.0 cm³/mol. The van der Waals surface area contributed by atoms with Gasteiger partial charge in [-0.15, -0.1) is 0 Å². The molecule has 3 nitrogen and oxygen atoms in total. The zero-order valence-electron chi connectivity index (χ0n) is 7.27. The molecule has 1 aromatic rings. The number of carboxylic acids is 1. The molecular weight excluding hydrogens is 186 g/mol. The summed E-state index contributed by atoms with van der Waals surface area (Å²) in [5, 5.41) is 15.3. The minimum Gasteiger partial charge on any atom is -0.480 e. The molecule has 0 unspecified atom stereocenters. The Kier molecular flexibility index (Phi) is 4.49. The van der Waals surface area contributed by atoms with E-state index in [1.807, 2.05) is 22.9 Å². The van der Waals surface area contributed by atoms with Gasteiger partial charge in [-0.1, -0.05) is 12.1 Å². The highest BCUT2D eigenvalue weighted by atomic mass is 32.1. The third-order valence-electron chi connectivity index (χ3n) is 1.78. The summed E-state index contributed by atoms with van der Waals surface area (Å²) in [6.07, 6.45) is 1.78. The molecule has 1 fully saturated rings. The first-order valence-electron chi connectivity index (χ1n) is 4.24. The molecule has 0 bridgehead atoms. The maximum absolute atomic E-state index is 10.1. The van der Waals surface area contributed by atoms with Crippen LogP contribution in [0.1, 0.15) is 12.8 Å². The van der Waals surface area contributed by atoms with E-state index in [0.29, 0.717) is 0 Å². The molecule has 0 aromatic carbocycles. The summed E-state index contributed by atoms with van der Waals surface area (Å²) >= 11 is 1.71. The van der Waals surface area contributed by atoms with E-state index in [1.165, 1.54) is 0 Å². The normalized spacial score (nSPS) is 20.5. The molecule has 2 N–H and O–H groups in total. The second-order valence-electron chi connectivity index (χ2n) is 2.78. The number of hydrogen-bond donors (Lipinski definition) is 2. The fraction of sp³-hybridized carbons (Fsp3) is 0.444. The van der Waals surface area contributed by atoms with Crippen molar-refractivity contribution in [2.75, 3.05) is 6.54 Å². The van der Waals surface area contributed by atoms with Gasteiger partial charge < -0.3 is 10.4 Å². The highest BCUT2D eigenvalue weighted by Gasteiger charge is 2.20. The lowest BCUT2D eigenvalue weighted by Crippen LogP contribution is -2.29. The first-order chi connectivity index (χ1) is 6.30. The first kappa shape index (κ1) is 10.2. The van der Waals surface area contributed by atoms with E-state index in [4.69, 9.17) is 5.11 Å². The van der Waals surface area contributed by atoms with Crippen LogP contribution < -0.4 is 5.32 Å². The molecule has 0 radical (unpaired) electrons. The van der Waals surface area contributed by atoms with Crippen molar-refractivity contribution in [2.45, 2.75) is 18.9 Å². The summed E-state index contributed by atoms with van der Waals surface area (Å²) in [5.74, 6) is -0.720. The number of carboxylic acid groups (broad SMARTS) is 1. The van der Waals surface area contributed by atoms with E-state index < -0.39 is 5.97 Å². The van der Waals surface area contributed by atoms with Gasteiger partial charge in [0.2, 0.25) is 0 Å². The van der Waals surface area contributed by atoms with E-state index in [2.05, 4.69) is 5.32 Å². The summed E-state index contributed by atoms with van der Waals surface area (Å²) in [6, 6.07) is 3.77. The summed E-state index contributed by atoms with van der Waals surface area (Å²) in [5.41, 5.74) is 0. The smallest absolute Gasteiger partial charge is 0.320 e. The third kappa shape index (κ3) is 4.05. The van der Waals surface area contributed by atoms with Crippen molar-refractivity contribution < 1.29 is 9.90 Å². The SMILES string of the molecule is O=C(O)[C@@H]1CCCN1.c1ccsc1. The maximum Gasteiger partial charge on any atom is 0.320 e. The molecule has 4 heteroatoms. The van der Waals surface area contributed by atoms with E-state index in [0.717, 1.165) is 19.4 Å². The number of rotatable bonds is 1. The van der Waals surface area contributed by atoms with Gasteiger partial charge >= 0.3 is 5.97 Å². The zero-order chi connectivity index (χ0) is 9.52. The Morgan fingerprint density at radius 2 is 2.15 bits per heavy atom. The first-order valence-corrected chi connectivity index (χ1v) is 5.18. The average Bonchev–Trinajstić information content (AvgIpc) is 2.82. The van der Waals surface area contributed by atoms with Crippen molar-refractivity contribution in [3.8, 4) is 0 Å². The van der Waals surface area contributed by atoms with Crippen molar-refractivity contribution in [3.63, 3.8) is 0 Å². The standard InChI is InChI=1S/C5H9NO2.C4H4S/c7-5(8)4-2-1-3-6-4;1-2-4-5-3-1/h4,6H,1-3H2,(H,7,8);1-4H/t4-;/m0./s1.